The Bertz CT molecular complexity index is 409. The van der Waals surface area contributed by atoms with Crippen LogP contribution in [-0.2, 0) is 4.74 Å². The van der Waals surface area contributed by atoms with Crippen LogP contribution in [0, 0.1) is 0 Å². The van der Waals surface area contributed by atoms with Crippen molar-refractivity contribution in [1.82, 2.24) is 0 Å². The van der Waals surface area contributed by atoms with Gasteiger partial charge in [-0.2, -0.15) is 4.39 Å². The van der Waals surface area contributed by atoms with Crippen molar-refractivity contribution in [3.63, 3.8) is 0 Å². The summed E-state index contributed by atoms with van der Waals surface area (Å²) in [4.78, 5) is 0. The fraction of sp³-hybridized carbons (Fsp3) is 0.500. The first-order valence-electron chi connectivity index (χ1n) is 6.72. The summed E-state index contributed by atoms with van der Waals surface area (Å²) >= 11 is 0. The van der Waals surface area contributed by atoms with Gasteiger partial charge in [-0.05, 0) is 32.3 Å². The molecular weight excluding hydrogens is 262 g/mol. The predicted molar refractivity (Wildman–Crippen MR) is 78.8 cm³/mol. The Morgan fingerprint density at radius 2 is 1.90 bits per heavy atom. The Kier molecular flexibility index (Phi) is 8.81. The zero-order chi connectivity index (χ0) is 15.7. The lowest BCUT2D eigenvalue weighted by Gasteiger charge is -2.11. The molecule has 1 atom stereocenters. The van der Waals surface area contributed by atoms with Crippen LogP contribution in [0.15, 0.2) is 47.8 Å². The van der Waals surface area contributed by atoms with E-state index in [1.165, 1.54) is 0 Å². The zero-order valence-corrected chi connectivity index (χ0v) is 12.5. The van der Waals surface area contributed by atoms with Gasteiger partial charge in [0.2, 0.25) is 0 Å². The summed E-state index contributed by atoms with van der Waals surface area (Å²) in [6, 6.07) is 0. The molecule has 0 bridgehead atoms. The average molecular weight is 286 g/mol. The van der Waals surface area contributed by atoms with Crippen LogP contribution in [0.4, 0.5) is 8.78 Å². The van der Waals surface area contributed by atoms with Gasteiger partial charge in [0.1, 0.15) is 5.76 Å². The van der Waals surface area contributed by atoms with E-state index < -0.39 is 17.4 Å². The first-order chi connectivity index (χ1) is 9.31. The van der Waals surface area contributed by atoms with Gasteiger partial charge in [0, 0.05) is 12.2 Å². The van der Waals surface area contributed by atoms with E-state index in [0.717, 1.165) is 12.8 Å². The van der Waals surface area contributed by atoms with Crippen molar-refractivity contribution in [2.45, 2.75) is 46.1 Å². The first kappa shape index (κ1) is 18.6. The summed E-state index contributed by atoms with van der Waals surface area (Å²) in [7, 11) is 0. The lowest BCUT2D eigenvalue weighted by Crippen LogP contribution is -2.08. The molecule has 0 saturated carbocycles. The monoisotopic (exact) mass is 286 g/mol. The van der Waals surface area contributed by atoms with Crippen LogP contribution >= 0.6 is 0 Å². The second-order valence-corrected chi connectivity index (χ2v) is 4.71. The van der Waals surface area contributed by atoms with Gasteiger partial charge in [-0.1, -0.05) is 32.6 Å². The van der Waals surface area contributed by atoms with Crippen molar-refractivity contribution in [3.8, 4) is 0 Å². The summed E-state index contributed by atoms with van der Waals surface area (Å²) in [6.45, 7) is 12.7. The van der Waals surface area contributed by atoms with Gasteiger partial charge in [-0.15, -0.1) is 0 Å². The van der Waals surface area contributed by atoms with Gasteiger partial charge in [-0.3, -0.25) is 0 Å². The Morgan fingerprint density at radius 3 is 2.40 bits per heavy atom. The number of halogens is 2. The van der Waals surface area contributed by atoms with Crippen LogP contribution in [0.25, 0.3) is 0 Å². The Balaban J connectivity index is 4.55. The number of aliphatic hydroxyl groups is 1. The molecule has 1 unspecified atom stereocenters. The maximum atomic E-state index is 13.6. The van der Waals surface area contributed by atoms with E-state index in [4.69, 9.17) is 9.84 Å². The fourth-order valence-corrected chi connectivity index (χ4v) is 1.40. The Hall–Kier alpha value is -1.42. The number of unbranched alkanes of at least 4 members (excludes halogenated alkanes) is 1. The third-order valence-electron chi connectivity index (χ3n) is 2.84. The van der Waals surface area contributed by atoms with E-state index >= 15 is 0 Å². The average Bonchev–Trinajstić information content (AvgIpc) is 2.42. The lowest BCUT2D eigenvalue weighted by atomic mass is 10.1. The molecule has 1 N–H and O–H groups in total. The van der Waals surface area contributed by atoms with Crippen LogP contribution < -0.4 is 0 Å². The molecule has 0 aliphatic heterocycles. The summed E-state index contributed by atoms with van der Waals surface area (Å²) < 4.78 is 32.3. The molecule has 0 heterocycles. The normalized spacial score (nSPS) is 14.8. The van der Waals surface area contributed by atoms with Gasteiger partial charge >= 0.3 is 0 Å². The molecule has 0 rings (SSSR count). The van der Waals surface area contributed by atoms with Crippen molar-refractivity contribution >= 4 is 0 Å². The smallest absolute Gasteiger partial charge is 0.200 e. The largest absolute Gasteiger partial charge is 0.505 e. The van der Waals surface area contributed by atoms with Gasteiger partial charge in [0.15, 0.2) is 11.7 Å². The molecule has 0 aliphatic carbocycles. The first-order valence-corrected chi connectivity index (χ1v) is 6.72. The lowest BCUT2D eigenvalue weighted by molar-refractivity contribution is 0.0660. The number of hydrogen-bond acceptors (Lipinski definition) is 2. The van der Waals surface area contributed by atoms with Crippen LogP contribution in [-0.4, -0.2) is 17.8 Å². The van der Waals surface area contributed by atoms with Crippen molar-refractivity contribution < 1.29 is 18.6 Å². The molecule has 2 nitrogen and oxygen atoms in total. The van der Waals surface area contributed by atoms with E-state index in [2.05, 4.69) is 20.1 Å². The van der Waals surface area contributed by atoms with Gasteiger partial charge in [-0.25, -0.2) is 4.39 Å². The predicted octanol–water partition coefficient (Wildman–Crippen LogP) is 5.31. The number of ether oxygens (including phenoxy) is 1. The molecule has 0 aromatic rings. The molecule has 0 spiro atoms. The van der Waals surface area contributed by atoms with E-state index in [1.807, 2.05) is 6.92 Å². The maximum Gasteiger partial charge on any atom is 0.200 e. The molecule has 0 aromatic carbocycles. The highest BCUT2D eigenvalue weighted by Gasteiger charge is 2.13. The molecule has 4 heteroatoms. The summed E-state index contributed by atoms with van der Waals surface area (Å²) in [5.74, 6) is -3.51. The third-order valence-corrected chi connectivity index (χ3v) is 2.84. The van der Waals surface area contributed by atoms with Crippen LogP contribution in [0.5, 0.6) is 0 Å². The van der Waals surface area contributed by atoms with Crippen LogP contribution in [0.3, 0.4) is 0 Å². The van der Waals surface area contributed by atoms with Crippen molar-refractivity contribution in [2.75, 3.05) is 6.61 Å². The molecule has 0 saturated heterocycles. The highest BCUT2D eigenvalue weighted by atomic mass is 19.2. The summed E-state index contributed by atoms with van der Waals surface area (Å²) in [6.07, 6.45) is 4.41. The van der Waals surface area contributed by atoms with Gasteiger partial charge < -0.3 is 9.84 Å². The molecule has 0 aliphatic rings. The molecule has 0 aromatic heterocycles. The van der Waals surface area contributed by atoms with Crippen LogP contribution in [0.1, 0.15) is 40.0 Å². The van der Waals surface area contributed by atoms with Gasteiger partial charge in [0.05, 0.1) is 6.10 Å². The van der Waals surface area contributed by atoms with Crippen molar-refractivity contribution in [1.29, 1.82) is 0 Å². The molecule has 0 amide bonds. The molecule has 20 heavy (non-hydrogen) atoms. The highest BCUT2D eigenvalue weighted by Crippen LogP contribution is 2.25. The van der Waals surface area contributed by atoms with Crippen LogP contribution in [0.2, 0.25) is 0 Å². The van der Waals surface area contributed by atoms with Gasteiger partial charge in [0.25, 0.3) is 0 Å². The number of hydrogen-bond donors (Lipinski definition) is 1. The van der Waals surface area contributed by atoms with E-state index in [-0.39, 0.29) is 11.7 Å². The molecule has 0 radical (unpaired) electrons. The maximum absolute atomic E-state index is 13.6. The fourth-order valence-electron chi connectivity index (χ4n) is 1.40. The van der Waals surface area contributed by atoms with Crippen molar-refractivity contribution in [2.24, 2.45) is 0 Å². The SMILES string of the molecule is C=C(O)/C(F)=C(/F)C(=C)/C(C)=C/CC(C)OCCCC. The molecule has 0 fully saturated rings. The second kappa shape index (κ2) is 9.48. The zero-order valence-electron chi connectivity index (χ0n) is 12.5. The Morgan fingerprint density at radius 1 is 1.30 bits per heavy atom. The second-order valence-electron chi connectivity index (χ2n) is 4.71. The number of aliphatic hydroxyl groups excluding tert-OH is 1. The number of rotatable bonds is 9. The third kappa shape index (κ3) is 6.66. The standard InChI is InChI=1S/C16H24F2O2/c1-6-7-10-20-12(3)9-8-11(2)13(4)15(17)16(18)14(5)19/h8,12,19H,4-7,9-10H2,1-3H3/b11-8+,16-15-. The van der Waals surface area contributed by atoms with E-state index in [1.54, 1.807) is 13.0 Å². The summed E-state index contributed by atoms with van der Waals surface area (Å²) in [5.41, 5.74) is 0.406. The topological polar surface area (TPSA) is 29.5 Å². The Labute approximate surface area is 120 Å². The van der Waals surface area contributed by atoms with Crippen molar-refractivity contribution in [3.05, 3.63) is 47.8 Å². The molecular formula is C16H24F2O2. The molecule has 114 valence electrons. The van der Waals surface area contributed by atoms with E-state index in [9.17, 15) is 8.78 Å². The quantitative estimate of drug-likeness (QED) is 0.354. The van der Waals surface area contributed by atoms with E-state index in [0.29, 0.717) is 18.6 Å². The minimum absolute atomic E-state index is 0.00833. The summed E-state index contributed by atoms with van der Waals surface area (Å²) in [5, 5.41) is 8.81. The number of allylic oxidation sites excluding steroid dienone is 4. The minimum Gasteiger partial charge on any atom is -0.505 e. The highest BCUT2D eigenvalue weighted by molar-refractivity contribution is 5.43. The minimum atomic E-state index is -1.38.